The van der Waals surface area contributed by atoms with Crippen molar-refractivity contribution in [3.63, 3.8) is 0 Å². The topological polar surface area (TPSA) is 104 Å². The molecule has 0 saturated carbocycles. The summed E-state index contributed by atoms with van der Waals surface area (Å²) in [7, 11) is 0. The Morgan fingerprint density at radius 2 is 1.85 bits per heavy atom. The average molecular weight is 287 g/mol. The molecule has 0 aromatic heterocycles. The number of benzene rings is 1. The van der Waals surface area contributed by atoms with Gasteiger partial charge >= 0.3 is 11.9 Å². The quantitative estimate of drug-likeness (QED) is 0.709. The van der Waals surface area contributed by atoms with Gasteiger partial charge in [-0.15, -0.1) is 0 Å². The molecular weight excluding hydrogens is 276 g/mol. The minimum Gasteiger partial charge on any atom is -0.481 e. The largest absolute Gasteiger partial charge is 0.481 e. The van der Waals surface area contributed by atoms with E-state index < -0.39 is 48.4 Å². The van der Waals surface area contributed by atoms with E-state index in [1.54, 1.807) is 0 Å². The summed E-state index contributed by atoms with van der Waals surface area (Å²) in [6.07, 6.45) is -1.40. The molecule has 0 aliphatic heterocycles. The molecule has 6 nitrogen and oxygen atoms in total. The highest BCUT2D eigenvalue weighted by Crippen LogP contribution is 2.12. The highest BCUT2D eigenvalue weighted by molar-refractivity contribution is 5.87. The highest BCUT2D eigenvalue weighted by atomic mass is 19.2. The first-order chi connectivity index (χ1) is 9.31. The Kier molecular flexibility index (Phi) is 5.13. The molecule has 0 aliphatic carbocycles. The number of carboxylic acid groups (broad SMARTS) is 2. The number of carboxylic acids is 2. The summed E-state index contributed by atoms with van der Waals surface area (Å²) >= 11 is 0. The van der Waals surface area contributed by atoms with Crippen LogP contribution in [0.1, 0.15) is 12.0 Å². The van der Waals surface area contributed by atoms with Gasteiger partial charge in [-0.1, -0.05) is 12.1 Å². The molecule has 1 aromatic rings. The van der Waals surface area contributed by atoms with E-state index in [2.05, 4.69) is 0 Å². The van der Waals surface area contributed by atoms with E-state index in [0.717, 1.165) is 6.07 Å². The Morgan fingerprint density at radius 1 is 1.20 bits per heavy atom. The third-order valence-electron chi connectivity index (χ3n) is 2.39. The van der Waals surface area contributed by atoms with Gasteiger partial charge in [-0.2, -0.15) is 0 Å². The van der Waals surface area contributed by atoms with Crippen LogP contribution in [0.25, 0.3) is 0 Å². The molecule has 0 spiro atoms. The minimum atomic E-state index is -1.63. The normalized spacial score (nSPS) is 11.7. The fourth-order valence-electron chi connectivity index (χ4n) is 1.48. The van der Waals surface area contributed by atoms with Gasteiger partial charge in [0.25, 0.3) is 0 Å². The van der Waals surface area contributed by atoms with Crippen molar-refractivity contribution in [3.05, 3.63) is 35.4 Å². The van der Waals surface area contributed by atoms with Crippen LogP contribution in [-0.4, -0.2) is 34.1 Å². The summed E-state index contributed by atoms with van der Waals surface area (Å²) in [5, 5.41) is 19.1. The van der Waals surface area contributed by atoms with Crippen LogP contribution < -0.4 is 5.32 Å². The van der Waals surface area contributed by atoms with Crippen molar-refractivity contribution in [1.82, 2.24) is 5.32 Å². The van der Waals surface area contributed by atoms with Crippen LogP contribution in [0.4, 0.5) is 8.78 Å². The van der Waals surface area contributed by atoms with Crippen molar-refractivity contribution >= 4 is 17.8 Å². The molecule has 0 unspecified atom stereocenters. The maximum absolute atomic E-state index is 13.3. The molecule has 1 rings (SSSR count). The average Bonchev–Trinajstić information content (AvgIpc) is 2.33. The van der Waals surface area contributed by atoms with Crippen LogP contribution in [0.5, 0.6) is 0 Å². The second kappa shape index (κ2) is 6.60. The van der Waals surface area contributed by atoms with E-state index >= 15 is 0 Å². The van der Waals surface area contributed by atoms with Gasteiger partial charge in [-0.3, -0.25) is 9.59 Å². The van der Waals surface area contributed by atoms with Gasteiger partial charge in [-0.05, 0) is 6.07 Å². The summed E-state index contributed by atoms with van der Waals surface area (Å²) in [5.41, 5.74) is -0.248. The Bertz CT molecular complexity index is 547. The van der Waals surface area contributed by atoms with Gasteiger partial charge in [0.2, 0.25) is 5.91 Å². The summed E-state index contributed by atoms with van der Waals surface area (Å²) < 4.78 is 26.2. The van der Waals surface area contributed by atoms with E-state index in [1.807, 2.05) is 5.32 Å². The van der Waals surface area contributed by atoms with Crippen molar-refractivity contribution in [2.75, 3.05) is 0 Å². The first-order valence-corrected chi connectivity index (χ1v) is 5.48. The number of nitrogens with one attached hydrogen (secondary N) is 1. The highest BCUT2D eigenvalue weighted by Gasteiger charge is 2.23. The van der Waals surface area contributed by atoms with Gasteiger partial charge in [0.1, 0.15) is 6.04 Å². The molecule has 0 saturated heterocycles. The fourth-order valence-corrected chi connectivity index (χ4v) is 1.48. The van der Waals surface area contributed by atoms with Crippen molar-refractivity contribution in [3.8, 4) is 0 Å². The molecule has 0 radical (unpaired) electrons. The zero-order chi connectivity index (χ0) is 15.3. The van der Waals surface area contributed by atoms with E-state index in [1.165, 1.54) is 12.1 Å². The number of carbonyl (C=O) groups is 3. The molecule has 1 atom stereocenters. The lowest BCUT2D eigenvalue weighted by Gasteiger charge is -2.12. The van der Waals surface area contributed by atoms with Crippen LogP contribution >= 0.6 is 0 Å². The molecular formula is C12H11F2NO5. The third kappa shape index (κ3) is 4.30. The second-order valence-corrected chi connectivity index (χ2v) is 3.95. The summed E-state index contributed by atoms with van der Waals surface area (Å²) in [4.78, 5) is 32.7. The Morgan fingerprint density at radius 3 is 2.40 bits per heavy atom. The number of carbonyl (C=O) groups excluding carboxylic acids is 1. The summed E-state index contributed by atoms with van der Waals surface area (Å²) in [6.45, 7) is 0. The first-order valence-electron chi connectivity index (χ1n) is 5.48. The molecule has 0 bridgehead atoms. The molecule has 3 N–H and O–H groups in total. The number of amides is 1. The molecule has 1 aromatic carbocycles. The lowest BCUT2D eigenvalue weighted by molar-refractivity contribution is -0.147. The monoisotopic (exact) mass is 287 g/mol. The Balaban J connectivity index is 2.73. The SMILES string of the molecule is O=C(O)C[C@@H](NC(=O)Cc1cccc(F)c1F)C(=O)O. The fraction of sp³-hybridized carbons (Fsp3) is 0.250. The van der Waals surface area contributed by atoms with Gasteiger partial charge in [0.15, 0.2) is 11.6 Å². The lowest BCUT2D eigenvalue weighted by Crippen LogP contribution is -2.43. The van der Waals surface area contributed by atoms with E-state index in [4.69, 9.17) is 10.2 Å². The zero-order valence-electron chi connectivity index (χ0n) is 10.1. The van der Waals surface area contributed by atoms with Crippen LogP contribution in [0.15, 0.2) is 18.2 Å². The molecule has 20 heavy (non-hydrogen) atoms. The third-order valence-corrected chi connectivity index (χ3v) is 2.39. The maximum atomic E-state index is 13.3. The number of hydrogen-bond acceptors (Lipinski definition) is 3. The van der Waals surface area contributed by atoms with Gasteiger partial charge in [0.05, 0.1) is 12.8 Å². The number of halogens is 2. The standard InChI is InChI=1S/C12H11F2NO5/c13-7-3-1-2-6(11(7)14)4-9(16)15-8(12(19)20)5-10(17)18/h1-3,8H,4-5H2,(H,15,16)(H,17,18)(H,19,20)/t8-/m1/s1. The van der Waals surface area contributed by atoms with Crippen molar-refractivity contribution in [2.45, 2.75) is 18.9 Å². The smallest absolute Gasteiger partial charge is 0.326 e. The van der Waals surface area contributed by atoms with Gasteiger partial charge in [0, 0.05) is 5.56 Å². The summed E-state index contributed by atoms with van der Waals surface area (Å²) in [5.74, 6) is -6.18. The summed E-state index contributed by atoms with van der Waals surface area (Å²) in [6, 6.07) is 1.62. The van der Waals surface area contributed by atoms with Crippen molar-refractivity contribution < 1.29 is 33.4 Å². The molecule has 0 aliphatic rings. The lowest BCUT2D eigenvalue weighted by atomic mass is 10.1. The Hall–Kier alpha value is -2.51. The number of rotatable bonds is 6. The zero-order valence-corrected chi connectivity index (χ0v) is 10.1. The van der Waals surface area contributed by atoms with Crippen molar-refractivity contribution in [1.29, 1.82) is 0 Å². The van der Waals surface area contributed by atoms with Crippen LogP contribution in [0.3, 0.4) is 0 Å². The molecule has 0 heterocycles. The molecule has 108 valence electrons. The predicted octanol–water partition coefficient (Wildman–Crippen LogP) is 0.551. The molecule has 1 amide bonds. The van der Waals surface area contributed by atoms with E-state index in [9.17, 15) is 23.2 Å². The van der Waals surface area contributed by atoms with Gasteiger partial charge < -0.3 is 15.5 Å². The van der Waals surface area contributed by atoms with E-state index in [-0.39, 0.29) is 5.56 Å². The second-order valence-electron chi connectivity index (χ2n) is 3.95. The Labute approximate surface area is 112 Å². The van der Waals surface area contributed by atoms with Crippen LogP contribution in [0.2, 0.25) is 0 Å². The minimum absolute atomic E-state index is 0.248. The van der Waals surface area contributed by atoms with Crippen LogP contribution in [-0.2, 0) is 20.8 Å². The van der Waals surface area contributed by atoms with E-state index in [0.29, 0.717) is 0 Å². The number of aliphatic carboxylic acids is 2. The van der Waals surface area contributed by atoms with Crippen LogP contribution in [0, 0.1) is 11.6 Å². The molecule has 0 fully saturated rings. The maximum Gasteiger partial charge on any atom is 0.326 e. The van der Waals surface area contributed by atoms with Gasteiger partial charge in [-0.25, -0.2) is 13.6 Å². The number of hydrogen-bond donors (Lipinski definition) is 3. The first kappa shape index (κ1) is 15.5. The predicted molar refractivity (Wildman–Crippen MR) is 61.9 cm³/mol. The van der Waals surface area contributed by atoms with Crippen molar-refractivity contribution in [2.24, 2.45) is 0 Å². The molecule has 8 heteroatoms.